The topological polar surface area (TPSA) is 57.6 Å². The molecule has 18 heavy (non-hydrogen) atoms. The highest BCUT2D eigenvalue weighted by molar-refractivity contribution is 6.09. The lowest BCUT2D eigenvalue weighted by atomic mass is 10.2. The highest BCUT2D eigenvalue weighted by Gasteiger charge is 2.21. The number of carbonyl (C=O) groups excluding carboxylic acids is 2. The van der Waals surface area contributed by atoms with Crippen molar-refractivity contribution in [2.45, 2.75) is 0 Å². The van der Waals surface area contributed by atoms with E-state index < -0.39 is 11.8 Å². The van der Waals surface area contributed by atoms with Crippen LogP contribution in [0.15, 0.2) is 60.7 Å². The molecule has 0 saturated carbocycles. The van der Waals surface area contributed by atoms with Crippen molar-refractivity contribution >= 4 is 11.8 Å². The normalized spacial score (nSPS) is 9.83. The lowest BCUT2D eigenvalue weighted by Gasteiger charge is -2.12. The monoisotopic (exact) mass is 241 g/mol. The Kier molecular flexibility index (Phi) is 3.50. The number of benzene rings is 2. The predicted octanol–water partition coefficient (Wildman–Crippen LogP) is 2.36. The fourth-order valence-electron chi connectivity index (χ4n) is 1.50. The lowest BCUT2D eigenvalue weighted by Crippen LogP contribution is -2.33. The van der Waals surface area contributed by atoms with Crippen LogP contribution in [0.3, 0.4) is 0 Å². The molecule has 2 amide bonds. The van der Waals surface area contributed by atoms with Crippen LogP contribution in [0.25, 0.3) is 0 Å². The van der Waals surface area contributed by atoms with E-state index in [1.807, 2.05) is 0 Å². The van der Waals surface area contributed by atoms with E-state index in [4.69, 9.17) is 0 Å². The molecule has 2 aromatic carbocycles. The number of hydrogen-bond donors (Lipinski definition) is 1. The third-order valence-corrected chi connectivity index (χ3v) is 2.43. The van der Waals surface area contributed by atoms with Crippen LogP contribution in [0, 0.1) is 0 Å². The van der Waals surface area contributed by atoms with Crippen molar-refractivity contribution in [3.05, 3.63) is 71.8 Å². The van der Waals surface area contributed by atoms with Crippen LogP contribution < -0.4 is 0 Å². The molecule has 4 heteroatoms. The summed E-state index contributed by atoms with van der Waals surface area (Å²) in [7, 11) is 0. The van der Waals surface area contributed by atoms with Crippen molar-refractivity contribution < 1.29 is 14.8 Å². The number of amides is 2. The van der Waals surface area contributed by atoms with Crippen molar-refractivity contribution in [1.82, 2.24) is 5.06 Å². The molecular formula is C14H11NO3. The molecule has 4 nitrogen and oxygen atoms in total. The first-order chi connectivity index (χ1) is 8.70. The summed E-state index contributed by atoms with van der Waals surface area (Å²) in [6, 6.07) is 16.3. The fourth-order valence-corrected chi connectivity index (χ4v) is 1.50. The summed E-state index contributed by atoms with van der Waals surface area (Å²) in [6.45, 7) is 0. The highest BCUT2D eigenvalue weighted by Crippen LogP contribution is 2.08. The van der Waals surface area contributed by atoms with Crippen molar-refractivity contribution in [1.29, 1.82) is 0 Å². The van der Waals surface area contributed by atoms with E-state index in [-0.39, 0.29) is 16.2 Å². The molecule has 0 spiro atoms. The molecule has 0 aliphatic heterocycles. The maximum atomic E-state index is 11.8. The minimum atomic E-state index is -0.746. The Balaban J connectivity index is 2.20. The van der Waals surface area contributed by atoms with E-state index in [2.05, 4.69) is 0 Å². The van der Waals surface area contributed by atoms with Gasteiger partial charge < -0.3 is 0 Å². The predicted molar refractivity (Wildman–Crippen MR) is 65.2 cm³/mol. The van der Waals surface area contributed by atoms with Crippen LogP contribution in [0.5, 0.6) is 0 Å². The highest BCUT2D eigenvalue weighted by atomic mass is 16.5. The number of imide groups is 1. The Bertz CT molecular complexity index is 500. The van der Waals surface area contributed by atoms with Gasteiger partial charge in [-0.05, 0) is 24.3 Å². The molecule has 0 aliphatic rings. The van der Waals surface area contributed by atoms with Gasteiger partial charge in [-0.3, -0.25) is 14.8 Å². The molecule has 2 aromatic rings. The number of rotatable bonds is 2. The molecule has 0 radical (unpaired) electrons. The van der Waals surface area contributed by atoms with Crippen molar-refractivity contribution in [2.75, 3.05) is 0 Å². The van der Waals surface area contributed by atoms with Gasteiger partial charge in [0.15, 0.2) is 0 Å². The van der Waals surface area contributed by atoms with Gasteiger partial charge in [0, 0.05) is 11.1 Å². The average Bonchev–Trinajstić information content (AvgIpc) is 2.47. The van der Waals surface area contributed by atoms with Crippen molar-refractivity contribution in [3.63, 3.8) is 0 Å². The summed E-state index contributed by atoms with van der Waals surface area (Å²) < 4.78 is 0. The lowest BCUT2D eigenvalue weighted by molar-refractivity contribution is -0.0371. The Morgan fingerprint density at radius 3 is 1.39 bits per heavy atom. The van der Waals surface area contributed by atoms with E-state index in [0.717, 1.165) is 0 Å². The molecule has 2 rings (SSSR count). The van der Waals surface area contributed by atoms with Crippen LogP contribution in [0.2, 0.25) is 0 Å². The standard InChI is InChI=1S/C14H11NO3/c16-13(11-7-3-1-4-8-11)15(18)14(17)12-9-5-2-6-10-12/h1-10,18H. The molecule has 0 bridgehead atoms. The first-order valence-electron chi connectivity index (χ1n) is 5.38. The Morgan fingerprint density at radius 2 is 1.06 bits per heavy atom. The zero-order valence-corrected chi connectivity index (χ0v) is 9.48. The van der Waals surface area contributed by atoms with E-state index in [0.29, 0.717) is 0 Å². The molecule has 0 heterocycles. The number of hydroxylamine groups is 2. The summed E-state index contributed by atoms with van der Waals surface area (Å²) in [6.07, 6.45) is 0. The average molecular weight is 241 g/mol. The SMILES string of the molecule is O=C(c1ccccc1)N(O)C(=O)c1ccccc1. The quantitative estimate of drug-likeness (QED) is 0.499. The molecular weight excluding hydrogens is 230 g/mol. The first kappa shape index (κ1) is 12.0. The van der Waals surface area contributed by atoms with Gasteiger partial charge in [-0.25, -0.2) is 0 Å². The minimum absolute atomic E-state index is 0.130. The van der Waals surface area contributed by atoms with Gasteiger partial charge in [0.25, 0.3) is 11.8 Å². The molecule has 90 valence electrons. The van der Waals surface area contributed by atoms with Crippen LogP contribution in [0.1, 0.15) is 20.7 Å². The zero-order valence-electron chi connectivity index (χ0n) is 9.48. The van der Waals surface area contributed by atoms with Crippen molar-refractivity contribution in [3.8, 4) is 0 Å². The third-order valence-electron chi connectivity index (χ3n) is 2.43. The zero-order chi connectivity index (χ0) is 13.0. The van der Waals surface area contributed by atoms with E-state index >= 15 is 0 Å². The third kappa shape index (κ3) is 2.44. The van der Waals surface area contributed by atoms with Gasteiger partial charge in [0.1, 0.15) is 0 Å². The van der Waals surface area contributed by atoms with E-state index in [1.54, 1.807) is 36.4 Å². The smallest absolute Gasteiger partial charge is 0.278 e. The molecule has 0 saturated heterocycles. The molecule has 0 aliphatic carbocycles. The number of nitrogens with zero attached hydrogens (tertiary/aromatic N) is 1. The summed E-state index contributed by atoms with van der Waals surface area (Å²) >= 11 is 0. The second-order valence-electron chi connectivity index (χ2n) is 3.65. The van der Waals surface area contributed by atoms with Crippen LogP contribution in [-0.4, -0.2) is 22.1 Å². The van der Waals surface area contributed by atoms with Crippen LogP contribution in [0.4, 0.5) is 0 Å². The molecule has 0 fully saturated rings. The van der Waals surface area contributed by atoms with Gasteiger partial charge in [-0.2, -0.15) is 0 Å². The molecule has 0 atom stereocenters. The Labute approximate surface area is 104 Å². The van der Waals surface area contributed by atoms with Gasteiger partial charge in [0.05, 0.1) is 0 Å². The molecule has 1 N–H and O–H groups in total. The van der Waals surface area contributed by atoms with Crippen molar-refractivity contribution in [2.24, 2.45) is 0 Å². The number of hydrogen-bond acceptors (Lipinski definition) is 3. The van der Waals surface area contributed by atoms with Gasteiger partial charge >= 0.3 is 0 Å². The van der Waals surface area contributed by atoms with Crippen LogP contribution >= 0.6 is 0 Å². The second kappa shape index (κ2) is 5.25. The van der Waals surface area contributed by atoms with Gasteiger partial charge in [0.2, 0.25) is 0 Å². The van der Waals surface area contributed by atoms with E-state index in [9.17, 15) is 14.8 Å². The maximum Gasteiger partial charge on any atom is 0.284 e. The Morgan fingerprint density at radius 1 is 0.722 bits per heavy atom. The summed E-state index contributed by atoms with van der Waals surface area (Å²) in [5.41, 5.74) is 0.508. The maximum absolute atomic E-state index is 11.8. The van der Waals surface area contributed by atoms with E-state index in [1.165, 1.54) is 24.3 Å². The summed E-state index contributed by atoms with van der Waals surface area (Å²) in [5.74, 6) is -1.49. The Hall–Kier alpha value is -2.46. The minimum Gasteiger partial charge on any atom is -0.278 e. The first-order valence-corrected chi connectivity index (χ1v) is 5.38. The molecule has 0 aromatic heterocycles. The summed E-state index contributed by atoms with van der Waals surface area (Å²) in [5, 5.41) is 9.76. The largest absolute Gasteiger partial charge is 0.284 e. The fraction of sp³-hybridized carbons (Fsp3) is 0. The van der Waals surface area contributed by atoms with Gasteiger partial charge in [-0.15, -0.1) is 5.06 Å². The number of carbonyl (C=O) groups is 2. The van der Waals surface area contributed by atoms with Gasteiger partial charge in [-0.1, -0.05) is 36.4 Å². The second-order valence-corrected chi connectivity index (χ2v) is 3.65. The summed E-state index contributed by atoms with van der Waals surface area (Å²) in [4.78, 5) is 23.6. The molecule has 0 unspecified atom stereocenters. The van der Waals surface area contributed by atoms with Crippen LogP contribution in [-0.2, 0) is 0 Å².